The fourth-order valence-corrected chi connectivity index (χ4v) is 1.74. The number of benzene rings is 1. The molecule has 0 saturated carbocycles. The van der Waals surface area contributed by atoms with Crippen LogP contribution < -0.4 is 10.1 Å². The maximum absolute atomic E-state index is 11.6. The molecule has 0 spiro atoms. The van der Waals surface area contributed by atoms with Gasteiger partial charge in [0.2, 0.25) is 0 Å². The van der Waals surface area contributed by atoms with Crippen molar-refractivity contribution in [1.29, 1.82) is 0 Å². The Kier molecular flexibility index (Phi) is 3.84. The minimum Gasteiger partial charge on any atom is -0.423 e. The van der Waals surface area contributed by atoms with E-state index >= 15 is 0 Å². The molecule has 4 heteroatoms. The Bertz CT molecular complexity index is 624. The Morgan fingerprint density at radius 1 is 1.35 bits per heavy atom. The second-order valence-electron chi connectivity index (χ2n) is 4.64. The lowest BCUT2D eigenvalue weighted by molar-refractivity contribution is -0.130. The van der Waals surface area contributed by atoms with Gasteiger partial charge in [-0.25, -0.2) is 4.79 Å². The van der Waals surface area contributed by atoms with Crippen LogP contribution in [0.5, 0.6) is 5.75 Å². The number of rotatable bonds is 3. The highest BCUT2D eigenvalue weighted by atomic mass is 16.5. The molecular formula is C16H15NO3. The number of nitrogens with one attached hydrogen (secondary N) is 1. The maximum Gasteiger partial charge on any atom is 0.338 e. The third-order valence-electron chi connectivity index (χ3n) is 2.77. The zero-order valence-corrected chi connectivity index (χ0v) is 11.2. The average molecular weight is 269 g/mol. The molecule has 1 heterocycles. The van der Waals surface area contributed by atoms with Gasteiger partial charge < -0.3 is 10.1 Å². The van der Waals surface area contributed by atoms with Crippen molar-refractivity contribution in [2.45, 2.75) is 13.3 Å². The summed E-state index contributed by atoms with van der Waals surface area (Å²) in [6.07, 6.45) is 2.32. The van der Waals surface area contributed by atoms with Crippen molar-refractivity contribution in [3.63, 3.8) is 0 Å². The van der Waals surface area contributed by atoms with E-state index in [2.05, 4.69) is 18.5 Å². The summed E-state index contributed by atoms with van der Waals surface area (Å²) >= 11 is 0. The summed E-state index contributed by atoms with van der Waals surface area (Å²) in [7, 11) is 0. The molecule has 0 bridgehead atoms. The molecule has 1 aliphatic rings. The zero-order chi connectivity index (χ0) is 14.7. The van der Waals surface area contributed by atoms with E-state index in [1.165, 1.54) is 0 Å². The van der Waals surface area contributed by atoms with Crippen LogP contribution >= 0.6 is 0 Å². The monoisotopic (exact) mass is 269 g/mol. The van der Waals surface area contributed by atoms with E-state index in [1.54, 1.807) is 37.3 Å². The molecule has 0 atom stereocenters. The maximum atomic E-state index is 11.6. The topological polar surface area (TPSA) is 55.4 Å². The molecule has 2 rings (SSSR count). The van der Waals surface area contributed by atoms with Gasteiger partial charge in [-0.1, -0.05) is 25.3 Å². The van der Waals surface area contributed by atoms with E-state index < -0.39 is 5.97 Å². The predicted molar refractivity (Wildman–Crippen MR) is 76.8 cm³/mol. The first-order valence-corrected chi connectivity index (χ1v) is 6.13. The molecule has 0 aliphatic carbocycles. The van der Waals surface area contributed by atoms with Crippen molar-refractivity contribution in [2.24, 2.45) is 0 Å². The second-order valence-corrected chi connectivity index (χ2v) is 4.64. The smallest absolute Gasteiger partial charge is 0.338 e. The van der Waals surface area contributed by atoms with Gasteiger partial charge in [0.25, 0.3) is 5.91 Å². The molecule has 1 N–H and O–H groups in total. The summed E-state index contributed by atoms with van der Waals surface area (Å²) in [5.74, 6) is -0.129. The Morgan fingerprint density at radius 3 is 2.50 bits per heavy atom. The van der Waals surface area contributed by atoms with Crippen molar-refractivity contribution >= 4 is 18.0 Å². The molecule has 0 aromatic heterocycles. The van der Waals surface area contributed by atoms with Crippen LogP contribution in [0.2, 0.25) is 0 Å². The van der Waals surface area contributed by atoms with E-state index in [9.17, 15) is 9.59 Å². The minimum atomic E-state index is -0.456. The Labute approximate surface area is 117 Å². The lowest BCUT2D eigenvalue weighted by Crippen LogP contribution is -2.12. The highest BCUT2D eigenvalue weighted by Gasteiger charge is 2.19. The van der Waals surface area contributed by atoms with Gasteiger partial charge in [0.15, 0.2) is 0 Å². The quantitative estimate of drug-likeness (QED) is 0.521. The van der Waals surface area contributed by atoms with Gasteiger partial charge in [-0.15, -0.1) is 0 Å². The first-order chi connectivity index (χ1) is 9.45. The van der Waals surface area contributed by atoms with Crippen LogP contribution in [0.3, 0.4) is 0 Å². The van der Waals surface area contributed by atoms with E-state index in [1.807, 2.05) is 0 Å². The third kappa shape index (κ3) is 3.23. The van der Waals surface area contributed by atoms with Crippen LogP contribution in [-0.2, 0) is 9.59 Å². The number of hydrogen-bond acceptors (Lipinski definition) is 3. The summed E-state index contributed by atoms with van der Waals surface area (Å²) in [5.41, 5.74) is 2.58. The highest BCUT2D eigenvalue weighted by molar-refractivity contribution is 6.02. The van der Waals surface area contributed by atoms with Crippen LogP contribution in [0.15, 0.2) is 54.3 Å². The van der Waals surface area contributed by atoms with Gasteiger partial charge in [-0.2, -0.15) is 0 Å². The van der Waals surface area contributed by atoms with Crippen LogP contribution in [0.25, 0.3) is 6.08 Å². The molecule has 102 valence electrons. The number of carbonyl (C=O) groups excluding carboxylic acids is 2. The molecule has 1 aromatic carbocycles. The van der Waals surface area contributed by atoms with Crippen LogP contribution in [-0.4, -0.2) is 11.9 Å². The van der Waals surface area contributed by atoms with E-state index in [4.69, 9.17) is 4.74 Å². The van der Waals surface area contributed by atoms with Gasteiger partial charge in [-0.05, 0) is 30.7 Å². The van der Waals surface area contributed by atoms with Crippen molar-refractivity contribution in [1.82, 2.24) is 5.32 Å². The van der Waals surface area contributed by atoms with Gasteiger partial charge >= 0.3 is 5.97 Å². The van der Waals surface area contributed by atoms with Crippen molar-refractivity contribution in [2.75, 3.05) is 0 Å². The fraction of sp³-hybridized carbons (Fsp3) is 0.125. The van der Waals surface area contributed by atoms with E-state index in [0.29, 0.717) is 29.0 Å². The molecule has 1 amide bonds. The molecule has 20 heavy (non-hydrogen) atoms. The minimum absolute atomic E-state index is 0.118. The molecule has 0 radical (unpaired) electrons. The SMILES string of the molecule is C=C1C/C(=C/c2ccc(OC(=O)C(=C)C)cc2)C(=O)N1. The number of ether oxygens (including phenoxy) is 1. The predicted octanol–water partition coefficient (Wildman–Crippen LogP) is 2.59. The van der Waals surface area contributed by atoms with Crippen LogP contribution in [0.4, 0.5) is 0 Å². The number of esters is 1. The average Bonchev–Trinajstić information content (AvgIpc) is 2.70. The molecule has 4 nitrogen and oxygen atoms in total. The summed E-state index contributed by atoms with van der Waals surface area (Å²) in [5, 5.41) is 2.66. The van der Waals surface area contributed by atoms with E-state index in [0.717, 1.165) is 5.56 Å². The Balaban J connectivity index is 2.11. The lowest BCUT2D eigenvalue weighted by Gasteiger charge is -2.04. The summed E-state index contributed by atoms with van der Waals surface area (Å²) in [6.45, 7) is 8.83. The van der Waals surface area contributed by atoms with Crippen molar-refractivity contribution < 1.29 is 14.3 Å². The normalized spacial score (nSPS) is 16.1. The molecular weight excluding hydrogens is 254 g/mol. The number of amides is 1. The highest BCUT2D eigenvalue weighted by Crippen LogP contribution is 2.21. The third-order valence-corrected chi connectivity index (χ3v) is 2.77. The number of carbonyl (C=O) groups is 2. The van der Waals surface area contributed by atoms with Crippen molar-refractivity contribution in [3.8, 4) is 5.75 Å². The standard InChI is InChI=1S/C16H15NO3/c1-10(2)16(19)20-14-6-4-12(5-7-14)9-13-8-11(3)17-15(13)18/h4-7,9H,1,3,8H2,2H3,(H,17,18)/b13-9-. The van der Waals surface area contributed by atoms with Gasteiger partial charge in [-0.3, -0.25) is 4.79 Å². The molecule has 1 fully saturated rings. The summed E-state index contributed by atoms with van der Waals surface area (Å²) in [4.78, 5) is 22.9. The Hall–Kier alpha value is -2.62. The number of hydrogen-bond donors (Lipinski definition) is 1. The zero-order valence-electron chi connectivity index (χ0n) is 11.2. The molecule has 1 aromatic rings. The number of allylic oxidation sites excluding steroid dienone is 1. The van der Waals surface area contributed by atoms with Gasteiger partial charge in [0.05, 0.1) is 0 Å². The second kappa shape index (κ2) is 5.57. The van der Waals surface area contributed by atoms with Gasteiger partial charge in [0.1, 0.15) is 5.75 Å². The van der Waals surface area contributed by atoms with Gasteiger partial charge in [0, 0.05) is 23.3 Å². The summed E-state index contributed by atoms with van der Waals surface area (Å²) < 4.78 is 5.09. The van der Waals surface area contributed by atoms with Crippen LogP contribution in [0.1, 0.15) is 18.9 Å². The Morgan fingerprint density at radius 2 is 2.00 bits per heavy atom. The fourth-order valence-electron chi connectivity index (χ4n) is 1.74. The first kappa shape index (κ1) is 13.8. The van der Waals surface area contributed by atoms with Crippen LogP contribution in [0, 0.1) is 0 Å². The first-order valence-electron chi connectivity index (χ1n) is 6.13. The lowest BCUT2D eigenvalue weighted by atomic mass is 10.1. The largest absolute Gasteiger partial charge is 0.423 e. The molecule has 0 unspecified atom stereocenters. The molecule has 1 aliphatic heterocycles. The van der Waals surface area contributed by atoms with E-state index in [-0.39, 0.29) is 5.91 Å². The summed E-state index contributed by atoms with van der Waals surface area (Å²) in [6, 6.07) is 6.91. The molecule has 1 saturated heterocycles. The van der Waals surface area contributed by atoms with Crippen molar-refractivity contribution in [3.05, 3.63) is 59.8 Å².